The molecule has 1 rings (SSSR count). The maximum absolute atomic E-state index is 9.10. The van der Waals surface area contributed by atoms with Crippen LogP contribution in [0.25, 0.3) is 0 Å². The molecule has 0 saturated heterocycles. The smallest absolute Gasteiger partial charge is 0.414 e. The molecule has 6 nitrogen and oxygen atoms in total. The van der Waals surface area contributed by atoms with Crippen molar-refractivity contribution in [3.8, 4) is 5.75 Å². The summed E-state index contributed by atoms with van der Waals surface area (Å²) in [6, 6.07) is 5.61. The van der Waals surface area contributed by atoms with Gasteiger partial charge in [-0.25, -0.2) is 9.59 Å². The fourth-order valence-electron chi connectivity index (χ4n) is 1.02. The molecule has 3 N–H and O–H groups in total. The lowest BCUT2D eigenvalue weighted by molar-refractivity contribution is -0.159. The van der Waals surface area contributed by atoms with Crippen LogP contribution in [0.15, 0.2) is 22.7 Å². The van der Waals surface area contributed by atoms with Crippen molar-refractivity contribution in [2.75, 3.05) is 20.2 Å². The Balaban J connectivity index is 0.000000511. The van der Waals surface area contributed by atoms with E-state index < -0.39 is 11.9 Å². The van der Waals surface area contributed by atoms with E-state index in [1.807, 2.05) is 25.2 Å². The van der Waals surface area contributed by atoms with Crippen LogP contribution in [0.4, 0.5) is 0 Å². The summed E-state index contributed by atoms with van der Waals surface area (Å²) in [5, 5.41) is 18.5. The second-order valence-electron chi connectivity index (χ2n) is 3.49. The maximum Gasteiger partial charge on any atom is 0.414 e. The number of aliphatic carboxylic acids is 2. The highest BCUT2D eigenvalue weighted by atomic mass is 79.9. The van der Waals surface area contributed by atoms with Gasteiger partial charge in [0.15, 0.2) is 0 Å². The van der Waals surface area contributed by atoms with Gasteiger partial charge in [-0.05, 0) is 38.2 Å². The van der Waals surface area contributed by atoms with Crippen molar-refractivity contribution < 1.29 is 24.5 Å². The Bertz CT molecular complexity index is 443. The summed E-state index contributed by atoms with van der Waals surface area (Å²) in [5.74, 6) is -2.91. The monoisotopic (exact) mass is 367 g/mol. The van der Waals surface area contributed by atoms with Gasteiger partial charge in [0.1, 0.15) is 5.75 Å². The predicted molar refractivity (Wildman–Crippen MR) is 78.5 cm³/mol. The Morgan fingerprint density at radius 1 is 1.35 bits per heavy atom. The van der Waals surface area contributed by atoms with E-state index in [0.717, 1.165) is 23.2 Å². The summed E-state index contributed by atoms with van der Waals surface area (Å²) in [6.45, 7) is 1.64. The first-order valence-electron chi connectivity index (χ1n) is 5.57. The second-order valence-corrected chi connectivity index (χ2v) is 4.81. The van der Waals surface area contributed by atoms with Crippen molar-refractivity contribution in [1.82, 2.24) is 5.32 Å². The molecule has 1 aromatic carbocycles. The molecule has 0 aromatic heterocycles. The Morgan fingerprint density at radius 3 is 2.40 bits per heavy atom. The molecular formula is C12H15BrClNO5. The van der Waals surface area contributed by atoms with Crippen LogP contribution in [-0.2, 0) is 9.59 Å². The molecule has 112 valence electrons. The summed E-state index contributed by atoms with van der Waals surface area (Å²) in [4.78, 5) is 18.2. The van der Waals surface area contributed by atoms with Gasteiger partial charge in [0.2, 0.25) is 0 Å². The standard InChI is InChI=1S/C10H13BrClNO.C2H2O4/c1-13-5-2-6-14-10-4-3-8(11)7-9(10)12;3-1(4)2(5)6/h3-4,7,13H,2,5-6H2,1H3;(H,3,4)(H,5,6). The third-order valence-electron chi connectivity index (χ3n) is 1.91. The largest absolute Gasteiger partial charge is 0.492 e. The van der Waals surface area contributed by atoms with Crippen LogP contribution in [0.1, 0.15) is 6.42 Å². The van der Waals surface area contributed by atoms with Crippen LogP contribution in [0.5, 0.6) is 5.75 Å². The minimum absolute atomic E-state index is 0.642. The Hall–Kier alpha value is -1.31. The van der Waals surface area contributed by atoms with Crippen molar-refractivity contribution in [3.05, 3.63) is 27.7 Å². The van der Waals surface area contributed by atoms with Gasteiger partial charge in [0.05, 0.1) is 11.6 Å². The molecule has 0 radical (unpaired) electrons. The lowest BCUT2D eigenvalue weighted by Crippen LogP contribution is -2.11. The number of benzene rings is 1. The second kappa shape index (κ2) is 10.5. The first kappa shape index (κ1) is 18.7. The number of ether oxygens (including phenoxy) is 1. The zero-order valence-corrected chi connectivity index (χ0v) is 13.1. The molecule has 0 heterocycles. The molecule has 0 spiro atoms. The highest BCUT2D eigenvalue weighted by Crippen LogP contribution is 2.27. The highest BCUT2D eigenvalue weighted by molar-refractivity contribution is 9.10. The van der Waals surface area contributed by atoms with Crippen LogP contribution in [0.3, 0.4) is 0 Å². The first-order chi connectivity index (χ1) is 9.38. The molecule has 0 aliphatic heterocycles. The van der Waals surface area contributed by atoms with Crippen LogP contribution in [0, 0.1) is 0 Å². The molecule has 0 aliphatic rings. The van der Waals surface area contributed by atoms with Gasteiger partial charge in [0.25, 0.3) is 0 Å². The minimum Gasteiger partial charge on any atom is -0.492 e. The molecule has 20 heavy (non-hydrogen) atoms. The summed E-state index contributed by atoms with van der Waals surface area (Å²) < 4.78 is 6.46. The van der Waals surface area contributed by atoms with Gasteiger partial charge in [-0.3, -0.25) is 0 Å². The Kier molecular flexibility index (Phi) is 9.79. The van der Waals surface area contributed by atoms with Crippen LogP contribution >= 0.6 is 27.5 Å². The summed E-state index contributed by atoms with van der Waals surface area (Å²) in [6.07, 6.45) is 0.975. The van der Waals surface area contributed by atoms with Crippen LogP contribution in [0.2, 0.25) is 5.02 Å². The molecule has 0 aliphatic carbocycles. The van der Waals surface area contributed by atoms with Gasteiger partial charge in [-0.15, -0.1) is 0 Å². The van der Waals surface area contributed by atoms with Crippen molar-refractivity contribution in [2.24, 2.45) is 0 Å². The van der Waals surface area contributed by atoms with Gasteiger partial charge >= 0.3 is 11.9 Å². The fourth-order valence-corrected chi connectivity index (χ4v) is 1.75. The highest BCUT2D eigenvalue weighted by Gasteiger charge is 2.04. The summed E-state index contributed by atoms with van der Waals surface area (Å²) in [7, 11) is 1.92. The zero-order chi connectivity index (χ0) is 15.5. The van der Waals surface area contributed by atoms with Gasteiger partial charge in [-0.2, -0.15) is 0 Å². The molecule has 0 bridgehead atoms. The van der Waals surface area contributed by atoms with E-state index >= 15 is 0 Å². The number of nitrogens with one attached hydrogen (secondary N) is 1. The average Bonchev–Trinajstić information content (AvgIpc) is 2.37. The molecule has 0 saturated carbocycles. The lowest BCUT2D eigenvalue weighted by atomic mass is 10.3. The Labute approximate surface area is 129 Å². The number of carbonyl (C=O) groups is 2. The van der Waals surface area contributed by atoms with E-state index in [9.17, 15) is 0 Å². The fraction of sp³-hybridized carbons (Fsp3) is 0.333. The van der Waals surface area contributed by atoms with E-state index in [1.165, 1.54) is 0 Å². The van der Waals surface area contributed by atoms with Gasteiger partial charge in [-0.1, -0.05) is 27.5 Å². The maximum atomic E-state index is 9.10. The molecule has 0 atom stereocenters. The Morgan fingerprint density at radius 2 is 1.95 bits per heavy atom. The first-order valence-corrected chi connectivity index (χ1v) is 6.74. The summed E-state index contributed by atoms with van der Waals surface area (Å²) >= 11 is 9.31. The number of hydrogen-bond donors (Lipinski definition) is 3. The number of carboxylic acid groups (broad SMARTS) is 2. The SMILES string of the molecule is CNCCCOc1ccc(Br)cc1Cl.O=C(O)C(=O)O. The van der Waals surface area contributed by atoms with Crippen molar-refractivity contribution in [3.63, 3.8) is 0 Å². The van der Waals surface area contributed by atoms with E-state index in [0.29, 0.717) is 11.6 Å². The van der Waals surface area contributed by atoms with Crippen LogP contribution < -0.4 is 10.1 Å². The zero-order valence-electron chi connectivity index (χ0n) is 10.7. The van der Waals surface area contributed by atoms with Crippen molar-refractivity contribution in [1.29, 1.82) is 0 Å². The van der Waals surface area contributed by atoms with Crippen molar-refractivity contribution >= 4 is 39.5 Å². The number of carboxylic acids is 2. The van der Waals surface area contributed by atoms with E-state index in [-0.39, 0.29) is 0 Å². The predicted octanol–water partition coefficient (Wildman–Crippen LogP) is 2.25. The molecular weight excluding hydrogens is 353 g/mol. The third-order valence-corrected chi connectivity index (χ3v) is 2.69. The quantitative estimate of drug-likeness (QED) is 0.545. The molecule has 0 fully saturated rings. The topological polar surface area (TPSA) is 95.9 Å². The van der Waals surface area contributed by atoms with E-state index in [4.69, 9.17) is 36.1 Å². The lowest BCUT2D eigenvalue weighted by Gasteiger charge is -2.07. The molecule has 0 unspecified atom stereocenters. The van der Waals surface area contributed by atoms with E-state index in [1.54, 1.807) is 0 Å². The normalized spacial score (nSPS) is 9.35. The van der Waals surface area contributed by atoms with Gasteiger partial charge < -0.3 is 20.3 Å². The van der Waals surface area contributed by atoms with Gasteiger partial charge in [0, 0.05) is 4.47 Å². The van der Waals surface area contributed by atoms with Crippen LogP contribution in [-0.4, -0.2) is 42.4 Å². The number of rotatable bonds is 5. The third kappa shape index (κ3) is 8.73. The molecule has 0 amide bonds. The summed E-state index contributed by atoms with van der Waals surface area (Å²) in [5.41, 5.74) is 0. The van der Waals surface area contributed by atoms with E-state index in [2.05, 4.69) is 21.2 Å². The van der Waals surface area contributed by atoms with Crippen molar-refractivity contribution in [2.45, 2.75) is 6.42 Å². The number of hydrogen-bond acceptors (Lipinski definition) is 4. The average molecular weight is 369 g/mol. The number of halogens is 2. The molecule has 8 heteroatoms. The minimum atomic E-state index is -1.82. The molecule has 1 aromatic rings.